The Kier molecular flexibility index (Phi) is 3.69. The average molecular weight is 229 g/mol. The monoisotopic (exact) mass is 229 g/mol. The number of rotatable bonds is 3. The number of hydrogen-bond donors (Lipinski definition) is 1. The number of thiazole rings is 1. The summed E-state index contributed by atoms with van der Waals surface area (Å²) in [5, 5.41) is 12.8. The molecule has 1 N–H and O–H groups in total. The molecule has 0 radical (unpaired) electrons. The number of nitrogens with zero attached hydrogens (tertiary/aromatic N) is 1. The molecule has 1 fully saturated rings. The van der Waals surface area contributed by atoms with Crippen molar-refractivity contribution < 1.29 is 14.6 Å². The molecule has 2 unspecified atom stereocenters. The first-order chi connectivity index (χ1) is 7.25. The number of ether oxygens (including phenoxy) is 2. The topological polar surface area (TPSA) is 51.6 Å². The van der Waals surface area contributed by atoms with Crippen molar-refractivity contribution in [2.24, 2.45) is 0 Å². The maximum atomic E-state index is 9.90. The van der Waals surface area contributed by atoms with Gasteiger partial charge in [0.15, 0.2) is 0 Å². The first kappa shape index (κ1) is 11.0. The minimum atomic E-state index is -0.518. The van der Waals surface area contributed by atoms with E-state index in [-0.39, 0.29) is 6.10 Å². The lowest BCUT2D eigenvalue weighted by Crippen LogP contribution is -2.39. The van der Waals surface area contributed by atoms with Gasteiger partial charge in [-0.2, -0.15) is 0 Å². The van der Waals surface area contributed by atoms with Gasteiger partial charge in [0.1, 0.15) is 6.10 Å². The van der Waals surface area contributed by atoms with Gasteiger partial charge in [0.05, 0.1) is 30.9 Å². The standard InChI is InChI=1S/C10H15NO3S/c1-7-6-15-10(11-7)4-8(12)9-5-13-2-3-14-9/h6,8-9,12H,2-5H2,1H3. The Labute approximate surface area is 92.9 Å². The second-order valence-electron chi connectivity index (χ2n) is 3.64. The zero-order valence-electron chi connectivity index (χ0n) is 8.68. The van der Waals surface area contributed by atoms with Gasteiger partial charge < -0.3 is 14.6 Å². The van der Waals surface area contributed by atoms with Crippen molar-refractivity contribution in [2.45, 2.75) is 25.6 Å². The summed E-state index contributed by atoms with van der Waals surface area (Å²) in [6.07, 6.45) is -0.175. The Morgan fingerprint density at radius 1 is 1.67 bits per heavy atom. The number of hydrogen-bond acceptors (Lipinski definition) is 5. The van der Waals surface area contributed by atoms with Gasteiger partial charge in [-0.3, -0.25) is 0 Å². The van der Waals surface area contributed by atoms with Crippen LogP contribution < -0.4 is 0 Å². The molecular formula is C10H15NO3S. The van der Waals surface area contributed by atoms with Crippen LogP contribution >= 0.6 is 11.3 Å². The van der Waals surface area contributed by atoms with E-state index < -0.39 is 6.10 Å². The van der Waals surface area contributed by atoms with Crippen LogP contribution in [0.2, 0.25) is 0 Å². The van der Waals surface area contributed by atoms with Gasteiger partial charge in [-0.25, -0.2) is 4.98 Å². The van der Waals surface area contributed by atoms with Gasteiger partial charge >= 0.3 is 0 Å². The van der Waals surface area contributed by atoms with Gasteiger partial charge in [0.2, 0.25) is 0 Å². The van der Waals surface area contributed by atoms with Crippen LogP contribution in [0.25, 0.3) is 0 Å². The molecule has 1 saturated heterocycles. The van der Waals surface area contributed by atoms with Crippen LogP contribution in [-0.4, -0.2) is 42.1 Å². The molecule has 5 heteroatoms. The highest BCUT2D eigenvalue weighted by Gasteiger charge is 2.24. The lowest BCUT2D eigenvalue weighted by Gasteiger charge is -2.26. The van der Waals surface area contributed by atoms with Crippen LogP contribution in [0.4, 0.5) is 0 Å². The van der Waals surface area contributed by atoms with E-state index in [1.54, 1.807) is 11.3 Å². The SMILES string of the molecule is Cc1csc(CC(O)C2COCCO2)n1. The fourth-order valence-corrected chi connectivity index (χ4v) is 2.36. The van der Waals surface area contributed by atoms with E-state index in [9.17, 15) is 5.11 Å². The second-order valence-corrected chi connectivity index (χ2v) is 4.58. The molecule has 1 aromatic rings. The molecule has 0 aliphatic carbocycles. The summed E-state index contributed by atoms with van der Waals surface area (Å²) in [5.41, 5.74) is 1.00. The maximum absolute atomic E-state index is 9.90. The lowest BCUT2D eigenvalue weighted by atomic mass is 10.1. The smallest absolute Gasteiger partial charge is 0.107 e. The summed E-state index contributed by atoms with van der Waals surface area (Å²) >= 11 is 1.57. The maximum Gasteiger partial charge on any atom is 0.107 e. The number of aromatic nitrogens is 1. The second kappa shape index (κ2) is 5.03. The molecular weight excluding hydrogens is 214 g/mol. The first-order valence-electron chi connectivity index (χ1n) is 5.04. The number of aliphatic hydroxyl groups is 1. The van der Waals surface area contributed by atoms with E-state index in [1.807, 2.05) is 12.3 Å². The van der Waals surface area contributed by atoms with Crippen LogP contribution in [-0.2, 0) is 15.9 Å². The predicted molar refractivity (Wildman–Crippen MR) is 57.1 cm³/mol. The highest BCUT2D eigenvalue weighted by molar-refractivity contribution is 7.09. The molecule has 0 aromatic carbocycles. The molecule has 1 aliphatic rings. The molecule has 0 amide bonds. The van der Waals surface area contributed by atoms with Crippen molar-refractivity contribution in [3.05, 3.63) is 16.1 Å². The van der Waals surface area contributed by atoms with E-state index in [0.29, 0.717) is 26.2 Å². The minimum absolute atomic E-state index is 0.206. The van der Waals surface area contributed by atoms with Gasteiger partial charge in [-0.1, -0.05) is 0 Å². The summed E-state index contributed by atoms with van der Waals surface area (Å²) in [7, 11) is 0. The Morgan fingerprint density at radius 3 is 3.13 bits per heavy atom. The quantitative estimate of drug-likeness (QED) is 0.832. The highest BCUT2D eigenvalue weighted by Crippen LogP contribution is 2.15. The average Bonchev–Trinajstić information content (AvgIpc) is 2.65. The minimum Gasteiger partial charge on any atom is -0.390 e. The van der Waals surface area contributed by atoms with Crippen LogP contribution in [0, 0.1) is 6.92 Å². The summed E-state index contributed by atoms with van der Waals surface area (Å²) in [6.45, 7) is 3.62. The molecule has 1 aromatic heterocycles. The molecule has 2 heterocycles. The molecule has 0 spiro atoms. The normalized spacial score (nSPS) is 24.0. The third-order valence-electron chi connectivity index (χ3n) is 2.32. The molecule has 2 rings (SSSR count). The summed E-state index contributed by atoms with van der Waals surface area (Å²) in [5.74, 6) is 0. The molecule has 2 atom stereocenters. The Morgan fingerprint density at radius 2 is 2.53 bits per heavy atom. The van der Waals surface area contributed by atoms with Crippen molar-refractivity contribution in [2.75, 3.05) is 19.8 Å². The van der Waals surface area contributed by atoms with Crippen molar-refractivity contribution >= 4 is 11.3 Å². The van der Waals surface area contributed by atoms with Gasteiger partial charge in [0, 0.05) is 17.5 Å². The molecule has 84 valence electrons. The van der Waals surface area contributed by atoms with Crippen LogP contribution in [0.5, 0.6) is 0 Å². The first-order valence-corrected chi connectivity index (χ1v) is 5.92. The van der Waals surface area contributed by atoms with E-state index in [4.69, 9.17) is 9.47 Å². The molecule has 15 heavy (non-hydrogen) atoms. The van der Waals surface area contributed by atoms with Crippen LogP contribution in [0.15, 0.2) is 5.38 Å². The third kappa shape index (κ3) is 2.98. The van der Waals surface area contributed by atoms with Crippen LogP contribution in [0.3, 0.4) is 0 Å². The fraction of sp³-hybridized carbons (Fsp3) is 0.700. The fourth-order valence-electron chi connectivity index (χ4n) is 1.53. The Hall–Kier alpha value is -0.490. The van der Waals surface area contributed by atoms with Crippen LogP contribution in [0.1, 0.15) is 10.7 Å². The summed E-state index contributed by atoms with van der Waals surface area (Å²) in [6, 6.07) is 0. The van der Waals surface area contributed by atoms with Crippen molar-refractivity contribution in [1.29, 1.82) is 0 Å². The Bertz CT molecular complexity index is 309. The third-order valence-corrected chi connectivity index (χ3v) is 3.31. The zero-order valence-corrected chi connectivity index (χ0v) is 9.50. The van der Waals surface area contributed by atoms with E-state index in [2.05, 4.69) is 4.98 Å². The number of aryl methyl sites for hydroxylation is 1. The van der Waals surface area contributed by atoms with E-state index in [0.717, 1.165) is 10.7 Å². The van der Waals surface area contributed by atoms with Gasteiger partial charge in [0.25, 0.3) is 0 Å². The van der Waals surface area contributed by atoms with E-state index >= 15 is 0 Å². The van der Waals surface area contributed by atoms with Crippen molar-refractivity contribution in [3.63, 3.8) is 0 Å². The van der Waals surface area contributed by atoms with E-state index in [1.165, 1.54) is 0 Å². The largest absolute Gasteiger partial charge is 0.390 e. The van der Waals surface area contributed by atoms with Gasteiger partial charge in [-0.05, 0) is 6.92 Å². The molecule has 0 bridgehead atoms. The molecule has 0 saturated carbocycles. The predicted octanol–water partition coefficient (Wildman–Crippen LogP) is 0.770. The Balaban J connectivity index is 1.88. The van der Waals surface area contributed by atoms with Gasteiger partial charge in [-0.15, -0.1) is 11.3 Å². The highest BCUT2D eigenvalue weighted by atomic mass is 32.1. The molecule has 4 nitrogen and oxygen atoms in total. The van der Waals surface area contributed by atoms with Crippen molar-refractivity contribution in [1.82, 2.24) is 4.98 Å². The van der Waals surface area contributed by atoms with Crippen molar-refractivity contribution in [3.8, 4) is 0 Å². The summed E-state index contributed by atoms with van der Waals surface area (Å²) in [4.78, 5) is 4.31. The summed E-state index contributed by atoms with van der Waals surface area (Å²) < 4.78 is 10.7. The molecule has 1 aliphatic heterocycles. The lowest BCUT2D eigenvalue weighted by molar-refractivity contribution is -0.131. The number of aliphatic hydroxyl groups excluding tert-OH is 1. The zero-order chi connectivity index (χ0) is 10.7.